The average Bonchev–Trinajstić information content (AvgIpc) is 3.09. The summed E-state index contributed by atoms with van der Waals surface area (Å²) in [5.74, 6) is 2.43. The third-order valence-corrected chi connectivity index (χ3v) is 5.42. The van der Waals surface area contributed by atoms with E-state index in [1.165, 1.54) is 37.8 Å². The third kappa shape index (κ3) is 3.54. The highest BCUT2D eigenvalue weighted by atomic mass is 32.1. The standard InChI is InChI=1S/C17H23FN2S/c1-11(16-9-13-2-5-14(16)8-13)20-17(21)19-10-12-3-6-15(18)7-4-12/h3-4,6-7,11,13-14,16H,2,5,8-10H2,1H3,(H2,19,20,21). The Morgan fingerprint density at radius 3 is 2.67 bits per heavy atom. The van der Waals surface area contributed by atoms with Crippen molar-refractivity contribution in [3.8, 4) is 0 Å². The van der Waals surface area contributed by atoms with Crippen LogP contribution >= 0.6 is 12.2 Å². The second kappa shape index (κ2) is 6.30. The summed E-state index contributed by atoms with van der Waals surface area (Å²) in [4.78, 5) is 0. The summed E-state index contributed by atoms with van der Waals surface area (Å²) in [5.41, 5.74) is 1.04. The van der Waals surface area contributed by atoms with Crippen LogP contribution in [-0.4, -0.2) is 11.2 Å². The van der Waals surface area contributed by atoms with Crippen LogP contribution in [0.25, 0.3) is 0 Å². The van der Waals surface area contributed by atoms with E-state index in [1.54, 1.807) is 12.1 Å². The van der Waals surface area contributed by atoms with Gasteiger partial charge in [-0.05, 0) is 73.9 Å². The maximum Gasteiger partial charge on any atom is 0.166 e. The fraction of sp³-hybridized carbons (Fsp3) is 0.588. The van der Waals surface area contributed by atoms with Crippen LogP contribution < -0.4 is 10.6 Å². The summed E-state index contributed by atoms with van der Waals surface area (Å²) in [7, 11) is 0. The second-order valence-electron chi connectivity index (χ2n) is 6.58. The largest absolute Gasteiger partial charge is 0.360 e. The molecule has 0 heterocycles. The SMILES string of the molecule is CC(NC(=S)NCc1ccc(F)cc1)C1CC2CCC1C2. The maximum absolute atomic E-state index is 12.8. The molecule has 3 rings (SSSR count). The number of benzene rings is 1. The van der Waals surface area contributed by atoms with Gasteiger partial charge in [-0.2, -0.15) is 0 Å². The van der Waals surface area contributed by atoms with Crippen LogP contribution in [0.15, 0.2) is 24.3 Å². The first-order valence-corrected chi connectivity index (χ1v) is 8.31. The molecule has 2 bridgehead atoms. The quantitative estimate of drug-likeness (QED) is 0.831. The first kappa shape index (κ1) is 14.8. The molecule has 21 heavy (non-hydrogen) atoms. The maximum atomic E-state index is 12.8. The lowest BCUT2D eigenvalue weighted by Crippen LogP contribution is -2.44. The van der Waals surface area contributed by atoms with Gasteiger partial charge in [0.25, 0.3) is 0 Å². The highest BCUT2D eigenvalue weighted by Gasteiger charge is 2.41. The van der Waals surface area contributed by atoms with Crippen LogP contribution in [0.3, 0.4) is 0 Å². The molecule has 4 unspecified atom stereocenters. The van der Waals surface area contributed by atoms with Crippen molar-refractivity contribution in [3.63, 3.8) is 0 Å². The van der Waals surface area contributed by atoms with Crippen molar-refractivity contribution in [2.75, 3.05) is 0 Å². The minimum absolute atomic E-state index is 0.204. The summed E-state index contributed by atoms with van der Waals surface area (Å²) in [6, 6.07) is 6.96. The minimum Gasteiger partial charge on any atom is -0.360 e. The van der Waals surface area contributed by atoms with Crippen molar-refractivity contribution in [1.82, 2.24) is 10.6 Å². The van der Waals surface area contributed by atoms with E-state index in [2.05, 4.69) is 17.6 Å². The van der Waals surface area contributed by atoms with Crippen molar-refractivity contribution in [3.05, 3.63) is 35.6 Å². The molecule has 0 aromatic heterocycles. The summed E-state index contributed by atoms with van der Waals surface area (Å²) in [6.07, 6.45) is 5.62. The molecule has 4 heteroatoms. The van der Waals surface area contributed by atoms with Gasteiger partial charge in [0.1, 0.15) is 5.82 Å². The summed E-state index contributed by atoms with van der Waals surface area (Å²) < 4.78 is 12.8. The molecular formula is C17H23FN2S. The molecule has 0 saturated heterocycles. The first-order valence-electron chi connectivity index (χ1n) is 7.90. The molecule has 2 saturated carbocycles. The summed E-state index contributed by atoms with van der Waals surface area (Å²) in [6.45, 7) is 2.88. The Kier molecular flexibility index (Phi) is 4.43. The summed E-state index contributed by atoms with van der Waals surface area (Å²) in [5, 5.41) is 7.35. The molecule has 2 aliphatic carbocycles. The van der Waals surface area contributed by atoms with Gasteiger partial charge in [-0.25, -0.2) is 4.39 Å². The van der Waals surface area contributed by atoms with Gasteiger partial charge in [0.15, 0.2) is 5.11 Å². The van der Waals surface area contributed by atoms with E-state index < -0.39 is 0 Å². The molecule has 114 valence electrons. The monoisotopic (exact) mass is 306 g/mol. The fourth-order valence-corrected chi connectivity index (χ4v) is 4.31. The average molecular weight is 306 g/mol. The molecular weight excluding hydrogens is 283 g/mol. The predicted molar refractivity (Wildman–Crippen MR) is 87.4 cm³/mol. The smallest absolute Gasteiger partial charge is 0.166 e. The molecule has 0 radical (unpaired) electrons. The lowest BCUT2D eigenvalue weighted by Gasteiger charge is -2.29. The molecule has 1 aromatic carbocycles. The van der Waals surface area contributed by atoms with Crippen molar-refractivity contribution in [2.24, 2.45) is 17.8 Å². The molecule has 4 atom stereocenters. The molecule has 2 N–H and O–H groups in total. The van der Waals surface area contributed by atoms with Gasteiger partial charge in [0.05, 0.1) is 0 Å². The van der Waals surface area contributed by atoms with Crippen LogP contribution in [0.1, 0.15) is 38.2 Å². The molecule has 0 amide bonds. The van der Waals surface area contributed by atoms with Crippen molar-refractivity contribution < 1.29 is 4.39 Å². The minimum atomic E-state index is -0.204. The lowest BCUT2D eigenvalue weighted by molar-refractivity contribution is 0.278. The van der Waals surface area contributed by atoms with Gasteiger partial charge in [0, 0.05) is 12.6 Å². The Labute approximate surface area is 131 Å². The number of thiocarbonyl (C=S) groups is 1. The highest BCUT2D eigenvalue weighted by molar-refractivity contribution is 7.80. The van der Waals surface area contributed by atoms with Crippen LogP contribution in [-0.2, 0) is 6.54 Å². The Balaban J connectivity index is 1.44. The normalized spacial score (nSPS) is 28.4. The zero-order valence-electron chi connectivity index (χ0n) is 12.4. The number of halogens is 1. The molecule has 2 fully saturated rings. The van der Waals surface area contributed by atoms with Gasteiger partial charge in [-0.1, -0.05) is 18.6 Å². The Morgan fingerprint density at radius 2 is 2.05 bits per heavy atom. The van der Waals surface area contributed by atoms with E-state index in [0.29, 0.717) is 17.7 Å². The topological polar surface area (TPSA) is 24.1 Å². The molecule has 2 aliphatic rings. The van der Waals surface area contributed by atoms with Gasteiger partial charge in [-0.15, -0.1) is 0 Å². The van der Waals surface area contributed by atoms with Gasteiger partial charge in [0.2, 0.25) is 0 Å². The summed E-state index contributed by atoms with van der Waals surface area (Å²) >= 11 is 5.38. The van der Waals surface area contributed by atoms with E-state index in [9.17, 15) is 4.39 Å². The Morgan fingerprint density at radius 1 is 1.29 bits per heavy atom. The van der Waals surface area contributed by atoms with Crippen LogP contribution in [0.4, 0.5) is 4.39 Å². The molecule has 0 spiro atoms. The zero-order chi connectivity index (χ0) is 14.8. The van der Waals surface area contributed by atoms with E-state index in [4.69, 9.17) is 12.2 Å². The Bertz CT molecular complexity index is 502. The molecule has 0 aliphatic heterocycles. The predicted octanol–water partition coefficient (Wildman–Crippen LogP) is 3.61. The van der Waals surface area contributed by atoms with Crippen molar-refractivity contribution in [2.45, 2.75) is 45.2 Å². The first-order chi connectivity index (χ1) is 10.1. The van der Waals surface area contributed by atoms with Gasteiger partial charge in [-0.3, -0.25) is 0 Å². The number of rotatable bonds is 4. The van der Waals surface area contributed by atoms with Crippen LogP contribution in [0, 0.1) is 23.6 Å². The van der Waals surface area contributed by atoms with Crippen LogP contribution in [0.5, 0.6) is 0 Å². The van der Waals surface area contributed by atoms with E-state index in [-0.39, 0.29) is 5.82 Å². The van der Waals surface area contributed by atoms with E-state index >= 15 is 0 Å². The zero-order valence-corrected chi connectivity index (χ0v) is 13.3. The number of fused-ring (bicyclic) bond motifs is 2. The van der Waals surface area contributed by atoms with Crippen molar-refractivity contribution in [1.29, 1.82) is 0 Å². The highest BCUT2D eigenvalue weighted by Crippen LogP contribution is 2.49. The third-order valence-electron chi connectivity index (χ3n) is 5.16. The van der Waals surface area contributed by atoms with E-state index in [1.807, 2.05) is 0 Å². The molecule has 1 aromatic rings. The van der Waals surface area contributed by atoms with Crippen molar-refractivity contribution >= 4 is 17.3 Å². The second-order valence-corrected chi connectivity index (χ2v) is 6.99. The van der Waals surface area contributed by atoms with E-state index in [0.717, 1.165) is 23.3 Å². The lowest BCUT2D eigenvalue weighted by atomic mass is 9.84. The Hall–Kier alpha value is -1.16. The number of hydrogen-bond acceptors (Lipinski definition) is 1. The fourth-order valence-electron chi connectivity index (χ4n) is 4.06. The van der Waals surface area contributed by atoms with Gasteiger partial charge < -0.3 is 10.6 Å². The van der Waals surface area contributed by atoms with Gasteiger partial charge >= 0.3 is 0 Å². The number of hydrogen-bond donors (Lipinski definition) is 2. The molecule has 2 nitrogen and oxygen atoms in total. The number of nitrogens with one attached hydrogen (secondary N) is 2. The van der Waals surface area contributed by atoms with Crippen LogP contribution in [0.2, 0.25) is 0 Å².